The minimum atomic E-state index is 0.964. The number of para-hydroxylation sites is 1. The molecule has 0 amide bonds. The number of H-pyrrole nitrogens is 1. The van der Waals surface area contributed by atoms with Crippen LogP contribution in [0, 0.1) is 6.92 Å². The standard InChI is InChI=1S/C11H10N4/c1-8-11-10(7-12-13-11)15(14-8)9-5-3-2-4-6-9/h2-7H,1H3,(H,12,13). The zero-order chi connectivity index (χ0) is 10.3. The molecule has 4 heteroatoms. The molecule has 0 fully saturated rings. The van der Waals surface area contributed by atoms with Crippen LogP contribution in [0.4, 0.5) is 0 Å². The van der Waals surface area contributed by atoms with Crippen LogP contribution >= 0.6 is 0 Å². The van der Waals surface area contributed by atoms with Gasteiger partial charge in [0.25, 0.3) is 0 Å². The van der Waals surface area contributed by atoms with Gasteiger partial charge in [-0.15, -0.1) is 0 Å². The number of fused-ring (bicyclic) bond motifs is 1. The molecule has 0 saturated heterocycles. The van der Waals surface area contributed by atoms with Gasteiger partial charge in [0, 0.05) is 0 Å². The molecule has 0 radical (unpaired) electrons. The summed E-state index contributed by atoms with van der Waals surface area (Å²) >= 11 is 0. The number of aryl methyl sites for hydroxylation is 1. The fourth-order valence-corrected chi connectivity index (χ4v) is 1.73. The molecular weight excluding hydrogens is 188 g/mol. The van der Waals surface area contributed by atoms with Crippen LogP contribution in [0.3, 0.4) is 0 Å². The van der Waals surface area contributed by atoms with E-state index in [1.807, 2.05) is 41.9 Å². The summed E-state index contributed by atoms with van der Waals surface area (Å²) in [5.74, 6) is 0. The van der Waals surface area contributed by atoms with Gasteiger partial charge in [0.2, 0.25) is 0 Å². The topological polar surface area (TPSA) is 46.5 Å². The van der Waals surface area contributed by atoms with Gasteiger partial charge in [-0.05, 0) is 19.1 Å². The van der Waals surface area contributed by atoms with Crippen LogP contribution in [-0.4, -0.2) is 20.0 Å². The Morgan fingerprint density at radius 1 is 1.20 bits per heavy atom. The number of nitrogens with one attached hydrogen (secondary N) is 1. The van der Waals surface area contributed by atoms with E-state index in [1.165, 1.54) is 0 Å². The molecule has 0 atom stereocenters. The fourth-order valence-electron chi connectivity index (χ4n) is 1.73. The Morgan fingerprint density at radius 3 is 2.80 bits per heavy atom. The van der Waals surface area contributed by atoms with Crippen LogP contribution in [0.2, 0.25) is 0 Å². The lowest BCUT2D eigenvalue weighted by Gasteiger charge is -2.00. The Morgan fingerprint density at radius 2 is 2.00 bits per heavy atom. The van der Waals surface area contributed by atoms with Crippen molar-refractivity contribution in [3.63, 3.8) is 0 Å². The molecule has 2 heterocycles. The van der Waals surface area contributed by atoms with Crippen molar-refractivity contribution in [3.8, 4) is 5.69 Å². The third-order valence-electron chi connectivity index (χ3n) is 2.46. The number of aromatic amines is 1. The normalized spacial score (nSPS) is 11.0. The van der Waals surface area contributed by atoms with Crippen molar-refractivity contribution in [1.82, 2.24) is 20.0 Å². The van der Waals surface area contributed by atoms with E-state index in [0.717, 1.165) is 22.4 Å². The number of benzene rings is 1. The summed E-state index contributed by atoms with van der Waals surface area (Å²) in [6.45, 7) is 1.97. The third kappa shape index (κ3) is 1.15. The van der Waals surface area contributed by atoms with Crippen molar-refractivity contribution in [1.29, 1.82) is 0 Å². The molecule has 4 nitrogen and oxygen atoms in total. The van der Waals surface area contributed by atoms with E-state index in [2.05, 4.69) is 15.3 Å². The average Bonchev–Trinajstić information content (AvgIpc) is 2.84. The van der Waals surface area contributed by atoms with Crippen LogP contribution in [0.1, 0.15) is 5.69 Å². The summed E-state index contributed by atoms with van der Waals surface area (Å²) in [6.07, 6.45) is 1.79. The van der Waals surface area contributed by atoms with Crippen molar-refractivity contribution < 1.29 is 0 Å². The van der Waals surface area contributed by atoms with E-state index in [4.69, 9.17) is 0 Å². The van der Waals surface area contributed by atoms with Gasteiger partial charge in [-0.25, -0.2) is 4.68 Å². The number of nitrogens with zero attached hydrogens (tertiary/aromatic N) is 3. The predicted octanol–water partition coefficient (Wildman–Crippen LogP) is 2.06. The van der Waals surface area contributed by atoms with Crippen molar-refractivity contribution in [2.24, 2.45) is 0 Å². The van der Waals surface area contributed by atoms with Crippen molar-refractivity contribution in [2.45, 2.75) is 6.92 Å². The van der Waals surface area contributed by atoms with Crippen molar-refractivity contribution >= 4 is 11.0 Å². The molecule has 0 spiro atoms. The molecule has 0 unspecified atom stereocenters. The highest BCUT2D eigenvalue weighted by Gasteiger charge is 2.09. The van der Waals surface area contributed by atoms with Crippen molar-refractivity contribution in [3.05, 3.63) is 42.2 Å². The van der Waals surface area contributed by atoms with Gasteiger partial charge in [0.15, 0.2) is 0 Å². The largest absolute Gasteiger partial charge is 0.274 e. The second kappa shape index (κ2) is 2.95. The van der Waals surface area contributed by atoms with Gasteiger partial charge in [0.1, 0.15) is 11.0 Å². The minimum Gasteiger partial charge on any atom is -0.274 e. The highest BCUT2D eigenvalue weighted by Crippen LogP contribution is 2.18. The second-order valence-corrected chi connectivity index (χ2v) is 3.46. The molecule has 0 aliphatic heterocycles. The Bertz CT molecular complexity index is 591. The van der Waals surface area contributed by atoms with Gasteiger partial charge in [-0.1, -0.05) is 18.2 Å². The van der Waals surface area contributed by atoms with Gasteiger partial charge in [-0.2, -0.15) is 10.2 Å². The molecule has 0 aliphatic rings. The molecule has 15 heavy (non-hydrogen) atoms. The van der Waals surface area contributed by atoms with E-state index >= 15 is 0 Å². The first-order valence-electron chi connectivity index (χ1n) is 4.80. The monoisotopic (exact) mass is 198 g/mol. The van der Waals surface area contributed by atoms with Crippen LogP contribution < -0.4 is 0 Å². The van der Waals surface area contributed by atoms with Gasteiger partial charge in [-0.3, -0.25) is 5.10 Å². The second-order valence-electron chi connectivity index (χ2n) is 3.46. The smallest absolute Gasteiger partial charge is 0.112 e. The molecule has 1 aromatic carbocycles. The van der Waals surface area contributed by atoms with E-state index in [-0.39, 0.29) is 0 Å². The summed E-state index contributed by atoms with van der Waals surface area (Å²) in [5.41, 5.74) is 4.03. The minimum absolute atomic E-state index is 0.964. The summed E-state index contributed by atoms with van der Waals surface area (Å²) in [4.78, 5) is 0. The first kappa shape index (κ1) is 8.23. The highest BCUT2D eigenvalue weighted by molar-refractivity contribution is 5.78. The van der Waals surface area contributed by atoms with Crippen molar-refractivity contribution in [2.75, 3.05) is 0 Å². The maximum absolute atomic E-state index is 4.47. The first-order chi connectivity index (χ1) is 7.36. The van der Waals surface area contributed by atoms with Gasteiger partial charge in [0.05, 0.1) is 17.6 Å². The SMILES string of the molecule is Cc1nn(-c2ccccc2)c2cn[nH]c12. The lowest BCUT2D eigenvalue weighted by Crippen LogP contribution is -1.95. The number of hydrogen-bond acceptors (Lipinski definition) is 2. The molecule has 2 aromatic heterocycles. The molecule has 3 rings (SSSR count). The Balaban J connectivity index is 2.32. The number of hydrogen-bond donors (Lipinski definition) is 1. The maximum Gasteiger partial charge on any atom is 0.112 e. The lowest BCUT2D eigenvalue weighted by atomic mass is 10.3. The van der Waals surface area contributed by atoms with E-state index in [9.17, 15) is 0 Å². The molecule has 0 saturated carbocycles. The lowest BCUT2D eigenvalue weighted by molar-refractivity contribution is 0.883. The summed E-state index contributed by atoms with van der Waals surface area (Å²) in [6, 6.07) is 10.0. The Hall–Kier alpha value is -2.10. The van der Waals surface area contributed by atoms with Gasteiger partial charge >= 0.3 is 0 Å². The van der Waals surface area contributed by atoms with Gasteiger partial charge < -0.3 is 0 Å². The Labute approximate surface area is 86.5 Å². The number of rotatable bonds is 1. The molecule has 1 N–H and O–H groups in total. The highest BCUT2D eigenvalue weighted by atomic mass is 15.3. The van der Waals surface area contributed by atoms with Crippen LogP contribution in [0.5, 0.6) is 0 Å². The zero-order valence-corrected chi connectivity index (χ0v) is 8.31. The van der Waals surface area contributed by atoms with E-state index in [1.54, 1.807) is 6.20 Å². The third-order valence-corrected chi connectivity index (χ3v) is 2.46. The number of aromatic nitrogens is 4. The zero-order valence-electron chi connectivity index (χ0n) is 8.31. The van der Waals surface area contributed by atoms with E-state index < -0.39 is 0 Å². The van der Waals surface area contributed by atoms with Crippen LogP contribution in [0.15, 0.2) is 36.5 Å². The van der Waals surface area contributed by atoms with Crippen LogP contribution in [-0.2, 0) is 0 Å². The first-order valence-corrected chi connectivity index (χ1v) is 4.80. The van der Waals surface area contributed by atoms with E-state index in [0.29, 0.717) is 0 Å². The molecular formula is C11H10N4. The quantitative estimate of drug-likeness (QED) is 0.650. The average molecular weight is 198 g/mol. The molecule has 3 aromatic rings. The fraction of sp³-hybridized carbons (Fsp3) is 0.0909. The Kier molecular flexibility index (Phi) is 1.62. The predicted molar refractivity (Wildman–Crippen MR) is 58.0 cm³/mol. The summed E-state index contributed by atoms with van der Waals surface area (Å²) in [5, 5.41) is 11.4. The summed E-state index contributed by atoms with van der Waals surface area (Å²) < 4.78 is 1.90. The maximum atomic E-state index is 4.47. The molecule has 74 valence electrons. The molecule has 0 aliphatic carbocycles. The summed E-state index contributed by atoms with van der Waals surface area (Å²) in [7, 11) is 0. The molecule has 0 bridgehead atoms. The van der Waals surface area contributed by atoms with Crippen LogP contribution in [0.25, 0.3) is 16.7 Å².